The zero-order valence-electron chi connectivity index (χ0n) is 12.4. The lowest BCUT2D eigenvalue weighted by Crippen LogP contribution is -2.50. The third-order valence-corrected chi connectivity index (χ3v) is 4.23. The highest BCUT2D eigenvalue weighted by atomic mass is 16.5. The number of hydrogen-bond acceptors (Lipinski definition) is 3. The SMILES string of the molecule is CNC1(C)CCN(CCOc2cccc(C)c2)CC1. The van der Waals surface area contributed by atoms with Gasteiger partial charge in [0.25, 0.3) is 0 Å². The molecule has 3 nitrogen and oxygen atoms in total. The summed E-state index contributed by atoms with van der Waals surface area (Å²) in [4.78, 5) is 2.49. The summed E-state index contributed by atoms with van der Waals surface area (Å²) in [6, 6.07) is 8.26. The van der Waals surface area contributed by atoms with E-state index in [1.807, 2.05) is 12.1 Å². The van der Waals surface area contributed by atoms with Gasteiger partial charge in [0.2, 0.25) is 0 Å². The summed E-state index contributed by atoms with van der Waals surface area (Å²) >= 11 is 0. The Bertz CT molecular complexity index is 397. The molecule has 19 heavy (non-hydrogen) atoms. The molecule has 0 saturated carbocycles. The Morgan fingerprint density at radius 3 is 2.68 bits per heavy atom. The highest BCUT2D eigenvalue weighted by Gasteiger charge is 2.27. The summed E-state index contributed by atoms with van der Waals surface area (Å²) in [6.07, 6.45) is 2.43. The van der Waals surface area contributed by atoms with Crippen LogP contribution in [0.25, 0.3) is 0 Å². The van der Waals surface area contributed by atoms with E-state index in [1.54, 1.807) is 0 Å². The highest BCUT2D eigenvalue weighted by Crippen LogP contribution is 2.20. The van der Waals surface area contributed by atoms with E-state index < -0.39 is 0 Å². The fourth-order valence-electron chi connectivity index (χ4n) is 2.52. The fraction of sp³-hybridized carbons (Fsp3) is 0.625. The minimum Gasteiger partial charge on any atom is -0.492 e. The van der Waals surface area contributed by atoms with E-state index >= 15 is 0 Å². The van der Waals surface area contributed by atoms with Crippen LogP contribution in [0.4, 0.5) is 0 Å². The Morgan fingerprint density at radius 2 is 2.05 bits per heavy atom. The Labute approximate surface area is 116 Å². The topological polar surface area (TPSA) is 24.5 Å². The molecule has 3 heteroatoms. The van der Waals surface area contributed by atoms with Crippen LogP contribution in [0.15, 0.2) is 24.3 Å². The quantitative estimate of drug-likeness (QED) is 0.882. The van der Waals surface area contributed by atoms with Crippen LogP contribution in [0.2, 0.25) is 0 Å². The maximum absolute atomic E-state index is 5.81. The summed E-state index contributed by atoms with van der Waals surface area (Å²) in [5, 5.41) is 3.43. The predicted octanol–water partition coefficient (Wildman–Crippen LogP) is 2.45. The van der Waals surface area contributed by atoms with Crippen LogP contribution in [0.3, 0.4) is 0 Å². The Kier molecular flexibility index (Phi) is 4.83. The van der Waals surface area contributed by atoms with Gasteiger partial charge in [0.15, 0.2) is 0 Å². The first-order chi connectivity index (χ1) is 9.11. The van der Waals surface area contributed by atoms with Crippen molar-refractivity contribution in [1.82, 2.24) is 10.2 Å². The van der Waals surface area contributed by atoms with Gasteiger partial charge in [0.1, 0.15) is 12.4 Å². The van der Waals surface area contributed by atoms with E-state index in [0.717, 1.165) is 32.0 Å². The molecular weight excluding hydrogens is 236 g/mol. The summed E-state index contributed by atoms with van der Waals surface area (Å²) in [5.74, 6) is 0.983. The minimum absolute atomic E-state index is 0.327. The van der Waals surface area contributed by atoms with Crippen LogP contribution >= 0.6 is 0 Å². The number of ether oxygens (including phenoxy) is 1. The number of aryl methyl sites for hydroxylation is 1. The van der Waals surface area contributed by atoms with E-state index in [0.29, 0.717) is 5.54 Å². The Morgan fingerprint density at radius 1 is 1.32 bits per heavy atom. The zero-order valence-corrected chi connectivity index (χ0v) is 12.4. The van der Waals surface area contributed by atoms with E-state index in [4.69, 9.17) is 4.74 Å². The number of hydrogen-bond donors (Lipinski definition) is 1. The van der Waals surface area contributed by atoms with Crippen molar-refractivity contribution in [3.8, 4) is 5.75 Å². The van der Waals surface area contributed by atoms with Gasteiger partial charge in [-0.1, -0.05) is 12.1 Å². The van der Waals surface area contributed by atoms with Crippen LogP contribution in [0.1, 0.15) is 25.3 Å². The van der Waals surface area contributed by atoms with Gasteiger partial charge in [-0.25, -0.2) is 0 Å². The molecule has 1 aromatic carbocycles. The molecule has 1 N–H and O–H groups in total. The lowest BCUT2D eigenvalue weighted by atomic mass is 9.90. The molecule has 1 heterocycles. The van der Waals surface area contributed by atoms with Gasteiger partial charge in [0, 0.05) is 25.2 Å². The van der Waals surface area contributed by atoms with Crippen molar-refractivity contribution in [2.75, 3.05) is 33.3 Å². The first-order valence-corrected chi connectivity index (χ1v) is 7.22. The molecular formula is C16H26N2O. The lowest BCUT2D eigenvalue weighted by molar-refractivity contribution is 0.132. The number of benzene rings is 1. The molecule has 1 fully saturated rings. The molecule has 0 aliphatic carbocycles. The second-order valence-electron chi connectivity index (χ2n) is 5.82. The number of nitrogens with zero attached hydrogens (tertiary/aromatic N) is 1. The number of piperidine rings is 1. The molecule has 0 spiro atoms. The van der Waals surface area contributed by atoms with Gasteiger partial charge in [-0.2, -0.15) is 0 Å². The molecule has 0 aromatic heterocycles. The van der Waals surface area contributed by atoms with Crippen LogP contribution in [-0.4, -0.2) is 43.7 Å². The van der Waals surface area contributed by atoms with Gasteiger partial charge < -0.3 is 10.1 Å². The first-order valence-electron chi connectivity index (χ1n) is 7.22. The van der Waals surface area contributed by atoms with E-state index in [9.17, 15) is 0 Å². The zero-order chi connectivity index (χ0) is 13.7. The highest BCUT2D eigenvalue weighted by molar-refractivity contribution is 5.27. The summed E-state index contributed by atoms with van der Waals surface area (Å²) in [5.41, 5.74) is 1.58. The van der Waals surface area contributed by atoms with Crippen LogP contribution in [-0.2, 0) is 0 Å². The van der Waals surface area contributed by atoms with Crippen LogP contribution in [0, 0.1) is 6.92 Å². The average molecular weight is 262 g/mol. The van der Waals surface area contributed by atoms with Gasteiger partial charge in [-0.05, 0) is 51.4 Å². The van der Waals surface area contributed by atoms with E-state index in [2.05, 4.69) is 43.2 Å². The van der Waals surface area contributed by atoms with Crippen molar-refractivity contribution in [3.63, 3.8) is 0 Å². The third kappa shape index (κ3) is 4.22. The second-order valence-corrected chi connectivity index (χ2v) is 5.82. The van der Waals surface area contributed by atoms with E-state index in [-0.39, 0.29) is 0 Å². The maximum atomic E-state index is 5.81. The van der Waals surface area contributed by atoms with Gasteiger partial charge >= 0.3 is 0 Å². The van der Waals surface area contributed by atoms with Crippen molar-refractivity contribution < 1.29 is 4.74 Å². The molecule has 106 valence electrons. The van der Waals surface area contributed by atoms with Gasteiger partial charge in [0.05, 0.1) is 0 Å². The van der Waals surface area contributed by atoms with Crippen molar-refractivity contribution >= 4 is 0 Å². The summed E-state index contributed by atoms with van der Waals surface area (Å²) in [7, 11) is 2.07. The minimum atomic E-state index is 0.327. The summed E-state index contributed by atoms with van der Waals surface area (Å²) < 4.78 is 5.81. The molecule has 0 radical (unpaired) electrons. The number of nitrogens with one attached hydrogen (secondary N) is 1. The molecule has 0 amide bonds. The van der Waals surface area contributed by atoms with Crippen molar-refractivity contribution in [2.24, 2.45) is 0 Å². The first kappa shape index (κ1) is 14.4. The molecule has 0 unspecified atom stereocenters. The van der Waals surface area contributed by atoms with Crippen molar-refractivity contribution in [3.05, 3.63) is 29.8 Å². The molecule has 2 rings (SSSR count). The number of rotatable bonds is 5. The molecule has 1 aromatic rings. The normalized spacial score (nSPS) is 19.3. The Hall–Kier alpha value is -1.06. The van der Waals surface area contributed by atoms with E-state index in [1.165, 1.54) is 18.4 Å². The fourth-order valence-corrected chi connectivity index (χ4v) is 2.52. The molecule has 0 atom stereocenters. The molecule has 1 aliphatic rings. The Balaban J connectivity index is 1.70. The largest absolute Gasteiger partial charge is 0.492 e. The van der Waals surface area contributed by atoms with Gasteiger partial charge in [-0.3, -0.25) is 4.90 Å². The van der Waals surface area contributed by atoms with Crippen LogP contribution < -0.4 is 10.1 Å². The van der Waals surface area contributed by atoms with Crippen LogP contribution in [0.5, 0.6) is 5.75 Å². The predicted molar refractivity (Wildman–Crippen MR) is 79.8 cm³/mol. The average Bonchev–Trinajstić information content (AvgIpc) is 2.41. The second kappa shape index (κ2) is 6.40. The van der Waals surface area contributed by atoms with Gasteiger partial charge in [-0.15, -0.1) is 0 Å². The molecule has 0 bridgehead atoms. The maximum Gasteiger partial charge on any atom is 0.119 e. The standard InChI is InChI=1S/C16H26N2O/c1-14-5-4-6-15(13-14)19-12-11-18-9-7-16(2,17-3)8-10-18/h4-6,13,17H,7-12H2,1-3H3. The molecule has 1 saturated heterocycles. The van der Waals surface area contributed by atoms with Crippen molar-refractivity contribution in [1.29, 1.82) is 0 Å². The lowest BCUT2D eigenvalue weighted by Gasteiger charge is -2.39. The van der Waals surface area contributed by atoms with Crippen molar-refractivity contribution in [2.45, 2.75) is 32.2 Å². The third-order valence-electron chi connectivity index (χ3n) is 4.23. The monoisotopic (exact) mass is 262 g/mol. The molecule has 1 aliphatic heterocycles. The summed E-state index contributed by atoms with van der Waals surface area (Å²) in [6.45, 7) is 8.53. The number of likely N-dealkylation sites (tertiary alicyclic amines) is 1. The smallest absolute Gasteiger partial charge is 0.119 e.